The van der Waals surface area contributed by atoms with Gasteiger partial charge in [-0.25, -0.2) is 4.98 Å². The summed E-state index contributed by atoms with van der Waals surface area (Å²) in [6, 6.07) is 15.5. The van der Waals surface area contributed by atoms with Crippen LogP contribution in [0, 0.1) is 0 Å². The van der Waals surface area contributed by atoms with E-state index in [4.69, 9.17) is 0 Å². The number of carbonyl (C=O) groups is 2. The van der Waals surface area contributed by atoms with Gasteiger partial charge < -0.3 is 4.90 Å². The lowest BCUT2D eigenvalue weighted by atomic mass is 10.1. The van der Waals surface area contributed by atoms with Gasteiger partial charge in [0.1, 0.15) is 5.01 Å². The third kappa shape index (κ3) is 4.29. The van der Waals surface area contributed by atoms with E-state index < -0.39 is 0 Å². The average Bonchev–Trinajstić information content (AvgIpc) is 3.44. The van der Waals surface area contributed by atoms with Crippen LogP contribution in [0.1, 0.15) is 39.6 Å². The zero-order chi connectivity index (χ0) is 23.7. The van der Waals surface area contributed by atoms with Gasteiger partial charge in [0.25, 0.3) is 11.8 Å². The van der Waals surface area contributed by atoms with Crippen molar-refractivity contribution in [2.75, 3.05) is 37.6 Å². The molecule has 0 saturated carbocycles. The number of piperazine rings is 1. The van der Waals surface area contributed by atoms with Gasteiger partial charge in [0.2, 0.25) is 0 Å². The first-order valence-corrected chi connectivity index (χ1v) is 12.5. The number of anilines is 1. The summed E-state index contributed by atoms with van der Waals surface area (Å²) < 4.78 is 0. The van der Waals surface area contributed by atoms with E-state index in [9.17, 15) is 9.59 Å². The quantitative estimate of drug-likeness (QED) is 0.385. The zero-order valence-electron chi connectivity index (χ0n) is 19.5. The third-order valence-electron chi connectivity index (χ3n) is 6.57. The summed E-state index contributed by atoms with van der Waals surface area (Å²) >= 11 is 1.48. The topological polar surface area (TPSA) is 56.8 Å². The number of allylic oxidation sites excluding steroid dienone is 1. The number of thiazole rings is 1. The van der Waals surface area contributed by atoms with Gasteiger partial charge in [-0.3, -0.25) is 19.4 Å². The number of carbonyl (C=O) groups excluding carboxylic acids is 2. The molecule has 5 rings (SSSR count). The summed E-state index contributed by atoms with van der Waals surface area (Å²) in [4.78, 5) is 37.3. The van der Waals surface area contributed by atoms with Crippen molar-refractivity contribution >= 4 is 28.8 Å². The first-order valence-electron chi connectivity index (χ1n) is 11.6. The Bertz CT molecular complexity index is 1240. The van der Waals surface area contributed by atoms with Crippen LogP contribution in [0.4, 0.5) is 5.69 Å². The Labute approximate surface area is 204 Å². The van der Waals surface area contributed by atoms with Crippen LogP contribution in [0.2, 0.25) is 0 Å². The first-order chi connectivity index (χ1) is 16.5. The molecule has 0 unspecified atom stereocenters. The van der Waals surface area contributed by atoms with E-state index in [1.807, 2.05) is 47.8 Å². The van der Waals surface area contributed by atoms with E-state index in [0.717, 1.165) is 54.7 Å². The second-order valence-electron chi connectivity index (χ2n) is 8.79. The third-order valence-corrected chi connectivity index (χ3v) is 7.40. The summed E-state index contributed by atoms with van der Waals surface area (Å²) in [5.74, 6) is -0.458. The van der Waals surface area contributed by atoms with Crippen LogP contribution in [-0.2, 0) is 6.54 Å². The highest BCUT2D eigenvalue weighted by Crippen LogP contribution is 2.34. The highest BCUT2D eigenvalue weighted by molar-refractivity contribution is 7.10. The number of rotatable bonds is 6. The molecule has 6 nitrogen and oxygen atoms in total. The van der Waals surface area contributed by atoms with Crippen LogP contribution in [-0.4, -0.2) is 59.3 Å². The monoisotopic (exact) mass is 472 g/mol. The van der Waals surface area contributed by atoms with Crippen molar-refractivity contribution < 1.29 is 9.59 Å². The Balaban J connectivity index is 1.33. The molecule has 0 aliphatic carbocycles. The fraction of sp³-hybridized carbons (Fsp3) is 0.296. The molecular weight excluding hydrogens is 444 g/mol. The number of imide groups is 1. The minimum atomic E-state index is -0.236. The van der Waals surface area contributed by atoms with Crippen molar-refractivity contribution in [1.82, 2.24) is 14.8 Å². The predicted molar refractivity (Wildman–Crippen MR) is 136 cm³/mol. The van der Waals surface area contributed by atoms with Crippen LogP contribution >= 0.6 is 11.3 Å². The normalized spacial score (nSPS) is 16.9. The Morgan fingerprint density at radius 1 is 1.00 bits per heavy atom. The fourth-order valence-electron chi connectivity index (χ4n) is 4.57. The number of hydrogen-bond acceptors (Lipinski definition) is 6. The van der Waals surface area contributed by atoms with E-state index in [1.54, 1.807) is 6.07 Å². The number of hydrogen-bond donors (Lipinski definition) is 0. The smallest absolute Gasteiger partial charge is 0.264 e. The minimum absolute atomic E-state index is 0.194. The maximum atomic E-state index is 13.4. The second-order valence-corrected chi connectivity index (χ2v) is 9.73. The largest absolute Gasteiger partial charge is 0.368 e. The predicted octanol–water partition coefficient (Wildman–Crippen LogP) is 4.69. The van der Waals surface area contributed by atoms with Crippen molar-refractivity contribution in [2.24, 2.45) is 0 Å². The van der Waals surface area contributed by atoms with Gasteiger partial charge in [0.15, 0.2) is 0 Å². The highest BCUT2D eigenvalue weighted by Gasteiger charge is 2.39. The van der Waals surface area contributed by atoms with Crippen molar-refractivity contribution in [3.8, 4) is 11.3 Å². The first kappa shape index (κ1) is 22.5. The van der Waals surface area contributed by atoms with Gasteiger partial charge >= 0.3 is 0 Å². The maximum absolute atomic E-state index is 13.4. The molecule has 2 aromatic carbocycles. The average molecular weight is 473 g/mol. The summed E-state index contributed by atoms with van der Waals surface area (Å²) in [5.41, 5.74) is 5.15. The molecule has 2 aliphatic heterocycles. The lowest BCUT2D eigenvalue weighted by molar-refractivity contribution is 0.0642. The molecule has 7 heteroatoms. The number of amides is 2. The number of fused-ring (bicyclic) bond motifs is 1. The van der Waals surface area contributed by atoms with Crippen molar-refractivity contribution in [1.29, 1.82) is 0 Å². The Hall–Kier alpha value is -3.29. The Morgan fingerprint density at radius 2 is 1.76 bits per heavy atom. The van der Waals surface area contributed by atoms with Gasteiger partial charge in [0, 0.05) is 43.7 Å². The summed E-state index contributed by atoms with van der Waals surface area (Å²) in [5, 5.41) is 2.73. The van der Waals surface area contributed by atoms with Crippen LogP contribution in [0.5, 0.6) is 0 Å². The van der Waals surface area contributed by atoms with Crippen molar-refractivity contribution in [2.45, 2.75) is 20.4 Å². The number of aromatic nitrogens is 1. The number of nitrogens with zero attached hydrogens (tertiary/aromatic N) is 4. The lowest BCUT2D eigenvalue weighted by Gasteiger charge is -2.36. The fourth-order valence-corrected chi connectivity index (χ4v) is 5.37. The van der Waals surface area contributed by atoms with Gasteiger partial charge in [-0.1, -0.05) is 48.0 Å². The molecule has 3 heterocycles. The molecule has 174 valence electrons. The van der Waals surface area contributed by atoms with Crippen LogP contribution in [0.3, 0.4) is 0 Å². The van der Waals surface area contributed by atoms with Gasteiger partial charge in [0.05, 0.1) is 29.1 Å². The molecule has 0 atom stereocenters. The molecule has 3 aromatic rings. The van der Waals surface area contributed by atoms with Gasteiger partial charge in [-0.2, -0.15) is 0 Å². The molecule has 0 spiro atoms. The van der Waals surface area contributed by atoms with Crippen LogP contribution in [0.15, 0.2) is 65.6 Å². The highest BCUT2D eigenvalue weighted by atomic mass is 32.1. The SMILES string of the molecule is C/C=C(\C)CN1CCN(c2cccc3c2C(=O)N(Cc2nc(-c4ccccc4)cs2)C3=O)CC1. The van der Waals surface area contributed by atoms with Gasteiger partial charge in [-0.05, 0) is 26.0 Å². The molecule has 0 bridgehead atoms. The van der Waals surface area contributed by atoms with Crippen molar-refractivity contribution in [3.05, 3.63) is 81.7 Å². The molecular formula is C27H28N4O2S. The Morgan fingerprint density at radius 3 is 2.50 bits per heavy atom. The molecule has 1 fully saturated rings. The maximum Gasteiger partial charge on any atom is 0.264 e. The summed E-state index contributed by atoms with van der Waals surface area (Å²) in [6.07, 6.45) is 2.15. The lowest BCUT2D eigenvalue weighted by Crippen LogP contribution is -2.47. The molecule has 34 heavy (non-hydrogen) atoms. The van der Waals surface area contributed by atoms with Gasteiger partial charge in [-0.15, -0.1) is 11.3 Å². The summed E-state index contributed by atoms with van der Waals surface area (Å²) in [7, 11) is 0. The summed E-state index contributed by atoms with van der Waals surface area (Å²) in [6.45, 7) is 8.93. The van der Waals surface area contributed by atoms with Crippen LogP contribution in [0.25, 0.3) is 11.3 Å². The van der Waals surface area contributed by atoms with Crippen LogP contribution < -0.4 is 4.90 Å². The molecule has 0 radical (unpaired) electrons. The molecule has 1 saturated heterocycles. The molecule has 2 amide bonds. The van der Waals surface area contributed by atoms with E-state index in [1.165, 1.54) is 21.8 Å². The number of benzene rings is 2. The van der Waals surface area contributed by atoms with E-state index in [0.29, 0.717) is 11.1 Å². The van der Waals surface area contributed by atoms with E-state index >= 15 is 0 Å². The minimum Gasteiger partial charge on any atom is -0.368 e. The zero-order valence-corrected chi connectivity index (χ0v) is 20.3. The molecule has 1 aromatic heterocycles. The van der Waals surface area contributed by atoms with Crippen molar-refractivity contribution in [3.63, 3.8) is 0 Å². The Kier molecular flexibility index (Phi) is 6.30. The van der Waals surface area contributed by atoms with E-state index in [2.05, 4.69) is 34.7 Å². The standard InChI is InChI=1S/C27H28N4O2S/c1-3-19(2)16-29-12-14-30(15-13-29)23-11-7-10-21-25(23)27(33)31(26(21)32)17-24-28-22(18-34-24)20-8-5-4-6-9-20/h3-11,18H,12-17H2,1-2H3/b19-3+. The second kappa shape index (κ2) is 9.52. The molecule has 0 N–H and O–H groups in total. The molecule has 2 aliphatic rings. The van der Waals surface area contributed by atoms with E-state index in [-0.39, 0.29) is 18.4 Å².